The molecule has 0 bridgehead atoms. The molecule has 0 fully saturated rings. The van der Waals surface area contributed by atoms with Crippen LogP contribution in [0.2, 0.25) is 0 Å². The third-order valence-corrected chi connectivity index (χ3v) is 5.11. The van der Waals surface area contributed by atoms with Crippen molar-refractivity contribution in [3.63, 3.8) is 0 Å². The molecule has 2 unspecified atom stereocenters. The van der Waals surface area contributed by atoms with Crippen LogP contribution in [0.25, 0.3) is 0 Å². The van der Waals surface area contributed by atoms with Crippen molar-refractivity contribution in [3.05, 3.63) is 34.9 Å². The van der Waals surface area contributed by atoms with E-state index in [0.29, 0.717) is 13.0 Å². The second-order valence-electron chi connectivity index (χ2n) is 11.5. The highest BCUT2D eigenvalue weighted by Crippen LogP contribution is 2.28. The molecule has 0 aliphatic heterocycles. The number of rotatable bonds is 8. The normalized spacial score (nSPS) is 13.8. The van der Waals surface area contributed by atoms with Gasteiger partial charge in [-0.2, -0.15) is 0 Å². The van der Waals surface area contributed by atoms with Gasteiger partial charge in [0.15, 0.2) is 0 Å². The molecule has 34 heavy (non-hydrogen) atoms. The molecular formula is C27H45N3O4. The summed E-state index contributed by atoms with van der Waals surface area (Å²) in [5.74, 6) is -0.417. The Morgan fingerprint density at radius 1 is 1.03 bits per heavy atom. The van der Waals surface area contributed by atoms with Crippen molar-refractivity contribution in [2.24, 2.45) is 5.92 Å². The molecule has 192 valence electrons. The Labute approximate surface area is 206 Å². The Kier molecular flexibility index (Phi) is 10.2. The molecule has 0 aliphatic rings. The van der Waals surface area contributed by atoms with Crippen molar-refractivity contribution in [1.29, 1.82) is 0 Å². The van der Waals surface area contributed by atoms with E-state index in [-0.39, 0.29) is 17.7 Å². The fourth-order valence-corrected chi connectivity index (χ4v) is 3.75. The average Bonchev–Trinajstić information content (AvgIpc) is 2.63. The summed E-state index contributed by atoms with van der Waals surface area (Å²) in [5, 5.41) is 5.80. The number of ether oxygens (including phenoxy) is 1. The molecule has 0 radical (unpaired) electrons. The minimum atomic E-state index is -0.827. The number of amides is 3. The number of carbonyl (C=O) groups is 3. The molecule has 0 saturated heterocycles. The van der Waals surface area contributed by atoms with Gasteiger partial charge in [0.05, 0.1) is 0 Å². The highest BCUT2D eigenvalue weighted by Gasteiger charge is 2.37. The summed E-state index contributed by atoms with van der Waals surface area (Å²) >= 11 is 0. The molecule has 1 aromatic rings. The second kappa shape index (κ2) is 11.7. The minimum absolute atomic E-state index is 0.144. The van der Waals surface area contributed by atoms with Crippen LogP contribution >= 0.6 is 0 Å². The van der Waals surface area contributed by atoms with Crippen LogP contribution in [0.5, 0.6) is 0 Å². The maximum Gasteiger partial charge on any atom is 0.408 e. The molecule has 2 N–H and O–H groups in total. The number of carbonyl (C=O) groups excluding carboxylic acids is 3. The number of benzene rings is 1. The quantitative estimate of drug-likeness (QED) is 0.551. The van der Waals surface area contributed by atoms with Crippen LogP contribution in [0.1, 0.15) is 91.5 Å². The lowest BCUT2D eigenvalue weighted by atomic mass is 9.94. The van der Waals surface area contributed by atoms with Crippen molar-refractivity contribution >= 4 is 17.9 Å². The predicted molar refractivity (Wildman–Crippen MR) is 137 cm³/mol. The van der Waals surface area contributed by atoms with E-state index in [1.807, 2.05) is 73.6 Å². The maximum atomic E-state index is 13.9. The van der Waals surface area contributed by atoms with Crippen molar-refractivity contribution in [2.75, 3.05) is 6.54 Å². The zero-order valence-corrected chi connectivity index (χ0v) is 23.0. The summed E-state index contributed by atoms with van der Waals surface area (Å²) in [6.45, 7) is 21.1. The van der Waals surface area contributed by atoms with Gasteiger partial charge >= 0.3 is 6.09 Å². The molecule has 0 aliphatic carbocycles. The van der Waals surface area contributed by atoms with Crippen LogP contribution in [0.4, 0.5) is 4.79 Å². The minimum Gasteiger partial charge on any atom is -0.444 e. The highest BCUT2D eigenvalue weighted by molar-refractivity contribution is 5.92. The summed E-state index contributed by atoms with van der Waals surface area (Å²) in [6, 6.07) is 4.26. The van der Waals surface area contributed by atoms with Crippen LogP contribution in [0.3, 0.4) is 0 Å². The van der Waals surface area contributed by atoms with Gasteiger partial charge in [0.1, 0.15) is 17.7 Å². The van der Waals surface area contributed by atoms with E-state index in [9.17, 15) is 14.4 Å². The summed E-state index contributed by atoms with van der Waals surface area (Å²) in [7, 11) is 0. The molecule has 0 spiro atoms. The largest absolute Gasteiger partial charge is 0.444 e. The van der Waals surface area contributed by atoms with E-state index >= 15 is 0 Å². The van der Waals surface area contributed by atoms with Crippen LogP contribution in [-0.2, 0) is 14.3 Å². The first-order valence-corrected chi connectivity index (χ1v) is 12.1. The summed E-state index contributed by atoms with van der Waals surface area (Å²) in [5.41, 5.74) is 1.54. The van der Waals surface area contributed by atoms with Crippen molar-refractivity contribution in [1.82, 2.24) is 15.5 Å². The van der Waals surface area contributed by atoms with E-state index < -0.39 is 29.3 Å². The van der Waals surface area contributed by atoms with Gasteiger partial charge < -0.3 is 20.3 Å². The molecule has 1 rings (SSSR count). The monoisotopic (exact) mass is 475 g/mol. The number of hydrogen-bond acceptors (Lipinski definition) is 4. The van der Waals surface area contributed by atoms with E-state index in [0.717, 1.165) is 16.7 Å². The van der Waals surface area contributed by atoms with Gasteiger partial charge in [-0.3, -0.25) is 9.59 Å². The van der Waals surface area contributed by atoms with Gasteiger partial charge in [0.25, 0.3) is 0 Å². The second-order valence-corrected chi connectivity index (χ2v) is 11.5. The molecule has 3 amide bonds. The Bertz CT molecular complexity index is 866. The number of aryl methyl sites for hydroxylation is 2. The molecule has 2 atom stereocenters. The van der Waals surface area contributed by atoms with Crippen molar-refractivity contribution in [3.8, 4) is 0 Å². The van der Waals surface area contributed by atoms with Gasteiger partial charge in [-0.25, -0.2) is 4.79 Å². The number of alkyl carbamates (subject to hydrolysis) is 1. The lowest BCUT2D eigenvalue weighted by Gasteiger charge is -2.36. The standard InChI is InChI=1S/C27H45N3O4/c1-12-30(24(32)21(15-17(2)3)28-25(33)34-27(9,10)11)22(23(31)29-26(6,7)8)20-16-18(4)13-14-19(20)5/h13-14,16-17,21-22H,12,15H2,1-11H3,(H,28,33)(H,29,31). The van der Waals surface area contributed by atoms with Gasteiger partial charge in [0, 0.05) is 12.1 Å². The van der Waals surface area contributed by atoms with E-state index in [1.165, 1.54) is 0 Å². The SMILES string of the molecule is CCN(C(=O)C(CC(C)C)NC(=O)OC(C)(C)C)C(C(=O)NC(C)(C)C)c1cc(C)ccc1C. The first-order valence-electron chi connectivity index (χ1n) is 12.1. The topological polar surface area (TPSA) is 87.7 Å². The first-order chi connectivity index (χ1) is 15.4. The lowest BCUT2D eigenvalue weighted by molar-refractivity contribution is -0.143. The van der Waals surface area contributed by atoms with Crippen LogP contribution < -0.4 is 10.6 Å². The van der Waals surface area contributed by atoms with E-state index in [2.05, 4.69) is 10.6 Å². The third-order valence-electron chi connectivity index (χ3n) is 5.11. The van der Waals surface area contributed by atoms with Crippen molar-refractivity contribution < 1.29 is 19.1 Å². The smallest absolute Gasteiger partial charge is 0.408 e. The van der Waals surface area contributed by atoms with Gasteiger partial charge in [-0.05, 0) is 85.8 Å². The zero-order valence-electron chi connectivity index (χ0n) is 23.0. The Morgan fingerprint density at radius 2 is 1.62 bits per heavy atom. The molecule has 7 nitrogen and oxygen atoms in total. The van der Waals surface area contributed by atoms with Crippen LogP contribution in [0, 0.1) is 19.8 Å². The predicted octanol–water partition coefficient (Wildman–Crippen LogP) is 5.05. The van der Waals surface area contributed by atoms with Gasteiger partial charge in [-0.15, -0.1) is 0 Å². The Hall–Kier alpha value is -2.57. The van der Waals surface area contributed by atoms with E-state index in [1.54, 1.807) is 25.7 Å². The molecule has 1 aromatic carbocycles. The number of hydrogen-bond donors (Lipinski definition) is 2. The van der Waals surface area contributed by atoms with E-state index in [4.69, 9.17) is 4.74 Å². The molecule has 7 heteroatoms. The third kappa shape index (κ3) is 9.35. The number of nitrogens with zero attached hydrogens (tertiary/aromatic N) is 1. The summed E-state index contributed by atoms with van der Waals surface area (Å²) in [4.78, 5) is 41.5. The summed E-state index contributed by atoms with van der Waals surface area (Å²) < 4.78 is 5.41. The van der Waals surface area contributed by atoms with Crippen LogP contribution in [-0.4, -0.2) is 46.5 Å². The van der Waals surface area contributed by atoms with Gasteiger partial charge in [0.2, 0.25) is 11.8 Å². The van der Waals surface area contributed by atoms with Gasteiger partial charge in [-0.1, -0.05) is 37.6 Å². The first kappa shape index (κ1) is 29.5. The van der Waals surface area contributed by atoms with Crippen molar-refractivity contribution in [2.45, 2.75) is 106 Å². The Balaban J connectivity index is 3.47. The molecule has 0 heterocycles. The summed E-state index contributed by atoms with van der Waals surface area (Å²) in [6.07, 6.45) is -0.223. The molecule has 0 saturated carbocycles. The molecule has 0 aromatic heterocycles. The fourth-order valence-electron chi connectivity index (χ4n) is 3.75. The lowest BCUT2D eigenvalue weighted by Crippen LogP contribution is -2.55. The zero-order chi connectivity index (χ0) is 26.4. The fraction of sp³-hybridized carbons (Fsp3) is 0.667. The highest BCUT2D eigenvalue weighted by atomic mass is 16.6. The average molecular weight is 476 g/mol. The number of likely N-dealkylation sites (N-methyl/N-ethyl adjacent to an activating group) is 1. The van der Waals surface area contributed by atoms with Crippen LogP contribution in [0.15, 0.2) is 18.2 Å². The number of nitrogens with one attached hydrogen (secondary N) is 2. The Morgan fingerprint density at radius 3 is 2.09 bits per heavy atom. The molecular weight excluding hydrogens is 430 g/mol. The maximum absolute atomic E-state index is 13.9.